The molecule has 0 saturated carbocycles. The minimum Gasteiger partial charge on any atom is -0.593 e. The fourth-order valence-corrected chi connectivity index (χ4v) is 3.79. The third-order valence-corrected chi connectivity index (χ3v) is 5.41. The zero-order valence-electron chi connectivity index (χ0n) is 17.3. The first-order chi connectivity index (χ1) is 15.4. The third kappa shape index (κ3) is 4.37. The summed E-state index contributed by atoms with van der Waals surface area (Å²) < 4.78 is 18.9. The number of fused-ring (bicyclic) bond motifs is 1. The Morgan fingerprint density at radius 3 is 2.66 bits per heavy atom. The molecule has 0 radical (unpaired) electrons. The molecule has 11 nitrogen and oxygen atoms in total. The summed E-state index contributed by atoms with van der Waals surface area (Å²) in [5.74, 6) is 1.03. The van der Waals surface area contributed by atoms with Crippen LogP contribution in [0.15, 0.2) is 47.4 Å². The van der Waals surface area contributed by atoms with Crippen molar-refractivity contribution in [2.24, 2.45) is 5.14 Å². The van der Waals surface area contributed by atoms with Crippen LogP contribution in [0.4, 0.5) is 5.95 Å². The smallest absolute Gasteiger partial charge is 0.488 e. The number of imidazole rings is 1. The van der Waals surface area contributed by atoms with E-state index in [0.717, 1.165) is 5.56 Å². The predicted octanol–water partition coefficient (Wildman–Crippen LogP) is -0.199. The van der Waals surface area contributed by atoms with Crippen molar-refractivity contribution >= 4 is 40.9 Å². The Morgan fingerprint density at radius 1 is 1.16 bits per heavy atom. The average molecular weight is 453 g/mol. The Balaban J connectivity index is 1.71. The second kappa shape index (κ2) is 9.10. The quantitative estimate of drug-likeness (QED) is 0.217. The largest absolute Gasteiger partial charge is 0.593 e. The van der Waals surface area contributed by atoms with Gasteiger partial charge in [-0.05, 0) is 30.1 Å². The standard InChI is InChI=1S/C19H20BN7O4S/c1-11-23-17(22-10-12-5-3-6-13(9-12)20(28)29)26-18(24-11)27-14-7-4-8-15(32(21)30)16(14)25-19(27)31-2/h3-9,28-29H,10,21H2,1-2H3,(H,22,23,24,26). The molecular weight excluding hydrogens is 433 g/mol. The molecule has 4 aromatic rings. The highest BCUT2D eigenvalue weighted by atomic mass is 32.2. The number of hydrogen-bond acceptors (Lipinski definition) is 10. The minimum absolute atomic E-state index is 0.207. The Labute approximate surface area is 186 Å². The maximum atomic E-state index is 11.9. The van der Waals surface area contributed by atoms with Crippen LogP contribution in [-0.4, -0.2) is 53.3 Å². The summed E-state index contributed by atoms with van der Waals surface area (Å²) in [7, 11) is -0.0808. The van der Waals surface area contributed by atoms with Gasteiger partial charge in [0.25, 0.3) is 0 Å². The Bertz CT molecular complexity index is 1270. The number of rotatable bonds is 7. The van der Waals surface area contributed by atoms with E-state index in [9.17, 15) is 14.6 Å². The summed E-state index contributed by atoms with van der Waals surface area (Å²) >= 11 is -1.73. The van der Waals surface area contributed by atoms with Crippen LogP contribution in [-0.2, 0) is 17.9 Å². The lowest BCUT2D eigenvalue weighted by Gasteiger charge is -2.11. The van der Waals surface area contributed by atoms with Crippen LogP contribution in [0.3, 0.4) is 0 Å². The molecule has 1 unspecified atom stereocenters. The second-order valence-electron chi connectivity index (χ2n) is 6.83. The van der Waals surface area contributed by atoms with Crippen molar-refractivity contribution in [3.05, 3.63) is 53.9 Å². The first-order valence-corrected chi connectivity index (χ1v) is 10.7. The molecule has 164 valence electrons. The summed E-state index contributed by atoms with van der Waals surface area (Å²) in [6.07, 6.45) is 0. The second-order valence-corrected chi connectivity index (χ2v) is 7.87. The number of aromatic nitrogens is 5. The van der Waals surface area contributed by atoms with E-state index in [1.807, 2.05) is 6.07 Å². The summed E-state index contributed by atoms with van der Waals surface area (Å²) in [5, 5.41) is 27.4. The first kappa shape index (κ1) is 22.0. The molecule has 2 heterocycles. The summed E-state index contributed by atoms with van der Waals surface area (Å²) in [5.41, 5.74) is 2.21. The predicted molar refractivity (Wildman–Crippen MR) is 120 cm³/mol. The molecule has 0 saturated heterocycles. The summed E-state index contributed by atoms with van der Waals surface area (Å²) in [4.78, 5) is 18.0. The van der Waals surface area contributed by atoms with Crippen molar-refractivity contribution in [3.63, 3.8) is 0 Å². The van der Waals surface area contributed by atoms with Gasteiger partial charge in [-0.15, -0.1) is 5.14 Å². The molecule has 0 bridgehead atoms. The normalized spacial score (nSPS) is 12.1. The Hall–Kier alpha value is -3.23. The van der Waals surface area contributed by atoms with Gasteiger partial charge in [0.2, 0.25) is 16.8 Å². The van der Waals surface area contributed by atoms with Crippen LogP contribution in [0.5, 0.6) is 6.01 Å². The van der Waals surface area contributed by atoms with E-state index >= 15 is 0 Å². The van der Waals surface area contributed by atoms with Gasteiger partial charge in [-0.25, -0.2) is 4.57 Å². The van der Waals surface area contributed by atoms with Crippen molar-refractivity contribution < 1.29 is 19.3 Å². The van der Waals surface area contributed by atoms with E-state index in [-0.39, 0.29) is 12.0 Å². The molecule has 1 atom stereocenters. The lowest BCUT2D eigenvalue weighted by molar-refractivity contribution is 0.374. The van der Waals surface area contributed by atoms with Crippen molar-refractivity contribution in [3.8, 4) is 12.0 Å². The number of hydrogen-bond donors (Lipinski definition) is 4. The molecule has 0 fully saturated rings. The maximum absolute atomic E-state index is 11.9. The molecular formula is C19H20BN7O4S. The van der Waals surface area contributed by atoms with Crippen LogP contribution in [0.25, 0.3) is 17.0 Å². The van der Waals surface area contributed by atoms with E-state index in [1.54, 1.807) is 47.9 Å². The van der Waals surface area contributed by atoms with E-state index in [0.29, 0.717) is 39.7 Å². The van der Waals surface area contributed by atoms with E-state index in [1.165, 1.54) is 7.11 Å². The molecule has 0 aliphatic heterocycles. The fraction of sp³-hybridized carbons (Fsp3) is 0.158. The van der Waals surface area contributed by atoms with Gasteiger partial charge in [0, 0.05) is 6.54 Å². The van der Waals surface area contributed by atoms with Gasteiger partial charge in [-0.3, -0.25) is 0 Å². The molecule has 0 amide bonds. The van der Waals surface area contributed by atoms with Crippen molar-refractivity contribution in [1.82, 2.24) is 24.5 Å². The van der Waals surface area contributed by atoms with Crippen molar-refractivity contribution in [1.29, 1.82) is 0 Å². The van der Waals surface area contributed by atoms with Crippen molar-refractivity contribution in [2.75, 3.05) is 12.4 Å². The van der Waals surface area contributed by atoms with Crippen LogP contribution < -0.4 is 20.7 Å². The van der Waals surface area contributed by atoms with Crippen LogP contribution in [0.2, 0.25) is 0 Å². The Morgan fingerprint density at radius 2 is 1.94 bits per heavy atom. The molecule has 13 heteroatoms. The molecule has 0 aliphatic carbocycles. The highest BCUT2D eigenvalue weighted by Crippen LogP contribution is 2.28. The molecule has 5 N–H and O–H groups in total. The molecule has 0 spiro atoms. The number of nitrogens with two attached hydrogens (primary N) is 1. The number of aryl methyl sites for hydroxylation is 1. The zero-order valence-corrected chi connectivity index (χ0v) is 18.1. The van der Waals surface area contributed by atoms with E-state index < -0.39 is 18.5 Å². The number of nitrogens with one attached hydrogen (secondary N) is 1. The first-order valence-electron chi connectivity index (χ1n) is 9.51. The van der Waals surface area contributed by atoms with Crippen LogP contribution in [0.1, 0.15) is 11.4 Å². The van der Waals surface area contributed by atoms with Gasteiger partial charge in [0.15, 0.2) is 0 Å². The molecule has 4 rings (SSSR count). The molecule has 0 aliphatic rings. The van der Waals surface area contributed by atoms with Crippen LogP contribution >= 0.6 is 0 Å². The number of methoxy groups -OCH3 is 1. The number of nitrogens with zero attached hydrogens (tertiary/aromatic N) is 5. The SMILES string of the molecule is COc1nc2c([S+](N)[O-])cccc2n1-c1nc(C)nc(NCc2cccc(B(O)O)c2)n1. The lowest BCUT2D eigenvalue weighted by Crippen LogP contribution is -2.30. The number of para-hydroxylation sites is 1. The summed E-state index contributed by atoms with van der Waals surface area (Å²) in [6.45, 7) is 2.08. The average Bonchev–Trinajstić information content (AvgIpc) is 3.16. The molecule has 2 aromatic heterocycles. The van der Waals surface area contributed by atoms with Gasteiger partial charge in [-0.1, -0.05) is 30.3 Å². The zero-order chi connectivity index (χ0) is 22.8. The highest BCUT2D eigenvalue weighted by molar-refractivity contribution is 7.89. The lowest BCUT2D eigenvalue weighted by atomic mass is 9.80. The van der Waals surface area contributed by atoms with Gasteiger partial charge in [-0.2, -0.15) is 19.9 Å². The monoisotopic (exact) mass is 453 g/mol. The van der Waals surface area contributed by atoms with E-state index in [4.69, 9.17) is 9.88 Å². The van der Waals surface area contributed by atoms with E-state index in [2.05, 4.69) is 25.3 Å². The highest BCUT2D eigenvalue weighted by Gasteiger charge is 2.22. The minimum atomic E-state index is -1.73. The summed E-state index contributed by atoms with van der Waals surface area (Å²) in [6, 6.07) is 12.2. The van der Waals surface area contributed by atoms with Gasteiger partial charge in [0.05, 0.1) is 24.0 Å². The molecule has 32 heavy (non-hydrogen) atoms. The Kier molecular flexibility index (Phi) is 6.25. The number of ether oxygens (including phenoxy) is 1. The number of anilines is 1. The van der Waals surface area contributed by atoms with Gasteiger partial charge in [0.1, 0.15) is 11.3 Å². The van der Waals surface area contributed by atoms with Crippen molar-refractivity contribution in [2.45, 2.75) is 18.4 Å². The van der Waals surface area contributed by atoms with Gasteiger partial charge >= 0.3 is 13.1 Å². The van der Waals surface area contributed by atoms with Gasteiger partial charge < -0.3 is 24.7 Å². The topological polar surface area (TPSA) is 167 Å². The molecule has 2 aromatic carbocycles. The third-order valence-electron chi connectivity index (χ3n) is 4.65. The number of benzene rings is 2. The van der Waals surface area contributed by atoms with Crippen LogP contribution in [0, 0.1) is 6.92 Å². The fourth-order valence-electron chi connectivity index (χ4n) is 3.24. The maximum Gasteiger partial charge on any atom is 0.488 e.